The van der Waals surface area contributed by atoms with Crippen molar-refractivity contribution < 1.29 is 34.2 Å². The minimum absolute atomic E-state index is 0.0574. The average Bonchev–Trinajstić information content (AvgIpc) is 2.89. The van der Waals surface area contributed by atoms with Crippen molar-refractivity contribution in [2.24, 2.45) is 0 Å². The SMILES string of the molecule is CN1C(=O)CC[C@H]1c1ccc[n+]([C@H]2OC(C(=O)[O-])=C[C@@H](O)[C@H]2O)c1. The predicted octanol–water partition coefficient (Wildman–Crippen LogP) is -1.85. The Hall–Kier alpha value is -2.45. The summed E-state index contributed by atoms with van der Waals surface area (Å²) in [7, 11) is 1.73. The van der Waals surface area contributed by atoms with Crippen LogP contribution in [0.5, 0.6) is 0 Å². The van der Waals surface area contributed by atoms with E-state index >= 15 is 0 Å². The number of carboxylic acids is 1. The maximum atomic E-state index is 11.7. The molecule has 0 unspecified atom stereocenters. The van der Waals surface area contributed by atoms with Gasteiger partial charge in [0, 0.05) is 25.1 Å². The van der Waals surface area contributed by atoms with E-state index in [2.05, 4.69) is 0 Å². The van der Waals surface area contributed by atoms with Crippen LogP contribution in [0.15, 0.2) is 36.4 Å². The number of rotatable bonds is 3. The number of hydrogen-bond acceptors (Lipinski definition) is 6. The van der Waals surface area contributed by atoms with Gasteiger partial charge in [0.15, 0.2) is 18.5 Å². The first-order chi connectivity index (χ1) is 11.4. The van der Waals surface area contributed by atoms with Crippen LogP contribution in [0.25, 0.3) is 0 Å². The number of carbonyl (C=O) groups excluding carboxylic acids is 2. The Bertz CT molecular complexity index is 704. The molecule has 8 nitrogen and oxygen atoms in total. The summed E-state index contributed by atoms with van der Waals surface area (Å²) in [5, 5.41) is 30.9. The normalized spacial score (nSPS) is 30.0. The first-order valence-electron chi connectivity index (χ1n) is 7.61. The quantitative estimate of drug-likeness (QED) is 0.628. The van der Waals surface area contributed by atoms with E-state index in [4.69, 9.17) is 4.74 Å². The van der Waals surface area contributed by atoms with Crippen LogP contribution in [-0.2, 0) is 14.3 Å². The van der Waals surface area contributed by atoms with Gasteiger partial charge < -0.3 is 29.8 Å². The van der Waals surface area contributed by atoms with Crippen LogP contribution >= 0.6 is 0 Å². The van der Waals surface area contributed by atoms with Gasteiger partial charge in [0.05, 0.1) is 6.04 Å². The molecule has 3 heterocycles. The van der Waals surface area contributed by atoms with Crippen LogP contribution < -0.4 is 9.67 Å². The van der Waals surface area contributed by atoms with E-state index in [-0.39, 0.29) is 11.9 Å². The molecule has 128 valence electrons. The summed E-state index contributed by atoms with van der Waals surface area (Å²) in [6.07, 6.45) is 1.50. The maximum absolute atomic E-state index is 11.7. The number of aromatic nitrogens is 1. The van der Waals surface area contributed by atoms with Gasteiger partial charge in [0.2, 0.25) is 5.91 Å². The van der Waals surface area contributed by atoms with Gasteiger partial charge in [-0.25, -0.2) is 0 Å². The molecule has 4 atom stereocenters. The lowest BCUT2D eigenvalue weighted by molar-refractivity contribution is -0.769. The summed E-state index contributed by atoms with van der Waals surface area (Å²) in [6.45, 7) is 0. The van der Waals surface area contributed by atoms with Crippen molar-refractivity contribution in [3.8, 4) is 0 Å². The van der Waals surface area contributed by atoms with Gasteiger partial charge in [-0.1, -0.05) is 0 Å². The van der Waals surface area contributed by atoms with Gasteiger partial charge in [-0.3, -0.25) is 4.79 Å². The van der Waals surface area contributed by atoms with Crippen LogP contribution in [-0.4, -0.2) is 46.2 Å². The smallest absolute Gasteiger partial charge is 0.331 e. The number of carboxylic acid groups (broad SMARTS) is 1. The molecule has 1 amide bonds. The molecule has 0 bridgehead atoms. The van der Waals surface area contributed by atoms with Crippen LogP contribution in [0.3, 0.4) is 0 Å². The van der Waals surface area contributed by atoms with Crippen molar-refractivity contribution in [1.29, 1.82) is 0 Å². The fraction of sp³-hybridized carbons (Fsp3) is 0.438. The van der Waals surface area contributed by atoms with E-state index < -0.39 is 30.2 Å². The third kappa shape index (κ3) is 2.85. The second-order valence-electron chi connectivity index (χ2n) is 5.95. The number of carbonyl (C=O) groups is 2. The van der Waals surface area contributed by atoms with E-state index in [0.29, 0.717) is 12.8 Å². The lowest BCUT2D eigenvalue weighted by Crippen LogP contribution is -2.53. The minimum atomic E-state index is -1.57. The summed E-state index contributed by atoms with van der Waals surface area (Å²) in [5.41, 5.74) is 0.834. The molecule has 1 aromatic heterocycles. The van der Waals surface area contributed by atoms with Crippen molar-refractivity contribution >= 4 is 11.9 Å². The second-order valence-corrected chi connectivity index (χ2v) is 5.95. The summed E-state index contributed by atoms with van der Waals surface area (Å²) < 4.78 is 6.74. The summed E-state index contributed by atoms with van der Waals surface area (Å²) in [4.78, 5) is 24.3. The minimum Gasteiger partial charge on any atom is -0.542 e. The molecule has 1 saturated heterocycles. The molecule has 1 fully saturated rings. The lowest BCUT2D eigenvalue weighted by atomic mass is 10.1. The molecular weight excluding hydrogens is 316 g/mol. The van der Waals surface area contributed by atoms with Crippen LogP contribution in [0.1, 0.15) is 30.7 Å². The maximum Gasteiger partial charge on any atom is 0.331 e. The molecule has 0 aliphatic carbocycles. The third-order valence-corrected chi connectivity index (χ3v) is 4.43. The largest absolute Gasteiger partial charge is 0.542 e. The Morgan fingerprint density at radius 1 is 1.46 bits per heavy atom. The third-order valence-electron chi connectivity index (χ3n) is 4.43. The van der Waals surface area contributed by atoms with Gasteiger partial charge in [-0.15, -0.1) is 0 Å². The molecule has 1 aromatic rings. The van der Waals surface area contributed by atoms with E-state index in [1.165, 1.54) is 4.57 Å². The summed E-state index contributed by atoms with van der Waals surface area (Å²) >= 11 is 0. The molecule has 3 rings (SSSR count). The van der Waals surface area contributed by atoms with Crippen molar-refractivity contribution in [1.82, 2.24) is 4.90 Å². The molecule has 2 aliphatic heterocycles. The van der Waals surface area contributed by atoms with Crippen LogP contribution in [0.4, 0.5) is 0 Å². The van der Waals surface area contributed by atoms with Crippen molar-refractivity contribution in [3.63, 3.8) is 0 Å². The molecule has 2 N–H and O–H groups in total. The number of likely N-dealkylation sites (tertiary alicyclic amines) is 1. The lowest BCUT2D eigenvalue weighted by Gasteiger charge is -2.28. The van der Waals surface area contributed by atoms with E-state index in [9.17, 15) is 24.9 Å². The topological polar surface area (TPSA) is 114 Å². The highest BCUT2D eigenvalue weighted by Crippen LogP contribution is 2.31. The van der Waals surface area contributed by atoms with Crippen LogP contribution in [0.2, 0.25) is 0 Å². The number of nitrogens with zero attached hydrogens (tertiary/aromatic N) is 2. The molecule has 24 heavy (non-hydrogen) atoms. The monoisotopic (exact) mass is 334 g/mol. The molecule has 0 aromatic carbocycles. The Kier molecular flexibility index (Phi) is 4.25. The van der Waals surface area contributed by atoms with E-state index in [1.54, 1.807) is 30.4 Å². The highest BCUT2D eigenvalue weighted by atomic mass is 16.5. The highest BCUT2D eigenvalue weighted by Gasteiger charge is 2.40. The van der Waals surface area contributed by atoms with Crippen molar-refractivity contribution in [3.05, 3.63) is 41.9 Å². The molecule has 8 heteroatoms. The molecule has 2 aliphatic rings. The first kappa shape index (κ1) is 16.4. The van der Waals surface area contributed by atoms with E-state index in [0.717, 1.165) is 11.6 Å². The zero-order valence-corrected chi connectivity index (χ0v) is 13.0. The summed E-state index contributed by atoms with van der Waals surface area (Å²) in [6, 6.07) is 3.47. The number of pyridine rings is 1. The fourth-order valence-electron chi connectivity index (χ4n) is 3.08. The molecule has 0 saturated carbocycles. The number of ether oxygens (including phenoxy) is 1. The fourth-order valence-corrected chi connectivity index (χ4v) is 3.08. The first-order valence-corrected chi connectivity index (χ1v) is 7.61. The molecular formula is C16H18N2O6. The van der Waals surface area contributed by atoms with E-state index in [1.807, 2.05) is 6.07 Å². The Morgan fingerprint density at radius 3 is 2.83 bits per heavy atom. The van der Waals surface area contributed by atoms with Gasteiger partial charge in [0.1, 0.15) is 17.8 Å². The van der Waals surface area contributed by atoms with Gasteiger partial charge in [-0.05, 0) is 18.6 Å². The number of aliphatic hydroxyl groups is 2. The van der Waals surface area contributed by atoms with Crippen molar-refractivity contribution in [2.45, 2.75) is 37.3 Å². The van der Waals surface area contributed by atoms with Gasteiger partial charge in [0.25, 0.3) is 0 Å². The Balaban J connectivity index is 1.90. The molecule has 0 spiro atoms. The van der Waals surface area contributed by atoms with Gasteiger partial charge in [-0.2, -0.15) is 4.57 Å². The Morgan fingerprint density at radius 2 is 2.21 bits per heavy atom. The highest BCUT2D eigenvalue weighted by molar-refractivity contribution is 5.82. The number of amides is 1. The zero-order valence-electron chi connectivity index (χ0n) is 13.0. The number of aliphatic carboxylic acids is 1. The number of hydrogen-bond donors (Lipinski definition) is 2. The number of aliphatic hydroxyl groups excluding tert-OH is 2. The Labute approximate surface area is 138 Å². The van der Waals surface area contributed by atoms with Crippen molar-refractivity contribution in [2.75, 3.05) is 7.05 Å². The summed E-state index contributed by atoms with van der Waals surface area (Å²) in [5.74, 6) is -2.03. The molecule has 0 radical (unpaired) electrons. The standard InChI is InChI=1S/C16H18N2O6/c1-17-10(4-5-13(17)20)9-3-2-6-18(8-9)15-14(21)11(19)7-12(24-15)16(22)23/h2-3,6-8,10-11,14-15,19,21H,4-5H2,1H3/t10-,11+,14+,15-/m0/s1. The average molecular weight is 334 g/mol. The van der Waals surface area contributed by atoms with Crippen LogP contribution in [0, 0.1) is 0 Å². The second kappa shape index (κ2) is 6.21. The van der Waals surface area contributed by atoms with Gasteiger partial charge >= 0.3 is 6.23 Å². The predicted molar refractivity (Wildman–Crippen MR) is 76.6 cm³/mol. The zero-order chi connectivity index (χ0) is 17.4.